The summed E-state index contributed by atoms with van der Waals surface area (Å²) in [6.07, 6.45) is 8.33. The van der Waals surface area contributed by atoms with Crippen molar-refractivity contribution in [2.24, 2.45) is 5.41 Å². The molecule has 1 aromatic rings. The van der Waals surface area contributed by atoms with Crippen molar-refractivity contribution >= 4 is 0 Å². The lowest BCUT2D eigenvalue weighted by atomic mass is 9.65. The van der Waals surface area contributed by atoms with E-state index in [1.807, 2.05) is 0 Å². The zero-order chi connectivity index (χ0) is 18.0. The molecule has 4 rings (SSSR count). The maximum Gasteiger partial charge on any atom is 0.223 e. The van der Waals surface area contributed by atoms with E-state index in [1.54, 1.807) is 12.3 Å². The second kappa shape index (κ2) is 7.55. The number of aromatic amines is 1. The fourth-order valence-electron chi connectivity index (χ4n) is 4.95. The second-order valence-electron chi connectivity index (χ2n) is 7.53. The number of rotatable bonds is 4. The van der Waals surface area contributed by atoms with E-state index < -0.39 is 0 Å². The molecule has 4 heterocycles. The molecule has 0 saturated carbocycles. The Morgan fingerprint density at radius 3 is 3.08 bits per heavy atom. The Morgan fingerprint density at radius 2 is 2.31 bits per heavy atom. The number of piperidine rings is 1. The van der Waals surface area contributed by atoms with E-state index in [1.165, 1.54) is 19.1 Å². The topological polar surface area (TPSA) is 63.8 Å². The van der Waals surface area contributed by atoms with Gasteiger partial charge in [0.25, 0.3) is 0 Å². The number of likely N-dealkylation sites (tertiary alicyclic amines) is 1. The minimum Gasteiger partial charge on any atom is -0.491 e. The predicted molar refractivity (Wildman–Crippen MR) is 98.4 cm³/mol. The van der Waals surface area contributed by atoms with Gasteiger partial charge >= 0.3 is 0 Å². The van der Waals surface area contributed by atoms with E-state index in [2.05, 4.69) is 16.0 Å². The van der Waals surface area contributed by atoms with Crippen molar-refractivity contribution in [1.29, 1.82) is 0 Å². The number of hydrogen-bond donors (Lipinski definition) is 1. The third kappa shape index (κ3) is 3.21. The molecule has 6 nitrogen and oxygen atoms in total. The Kier molecular flexibility index (Phi) is 5.16. The van der Waals surface area contributed by atoms with Crippen LogP contribution in [0.4, 0.5) is 0 Å². The van der Waals surface area contributed by atoms with Gasteiger partial charge in [0.2, 0.25) is 5.43 Å². The molecule has 26 heavy (non-hydrogen) atoms. The fourth-order valence-corrected chi connectivity index (χ4v) is 4.95. The number of nitrogens with one attached hydrogen (secondary N) is 1. The highest BCUT2D eigenvalue weighted by Crippen LogP contribution is 2.48. The molecule has 0 unspecified atom stereocenters. The lowest BCUT2D eigenvalue weighted by Gasteiger charge is -2.54. The van der Waals surface area contributed by atoms with Crippen LogP contribution in [-0.2, 0) is 16.0 Å². The van der Waals surface area contributed by atoms with Crippen molar-refractivity contribution in [3.05, 3.63) is 39.8 Å². The van der Waals surface area contributed by atoms with Crippen molar-refractivity contribution in [2.75, 3.05) is 40.1 Å². The number of nitrogens with zero attached hydrogens (tertiary/aromatic N) is 1. The van der Waals surface area contributed by atoms with Crippen LogP contribution >= 0.6 is 0 Å². The maximum absolute atomic E-state index is 12.1. The average Bonchev–Trinajstić information content (AvgIpc) is 2.69. The van der Waals surface area contributed by atoms with Gasteiger partial charge in [-0.2, -0.15) is 0 Å². The molecule has 2 fully saturated rings. The number of pyridine rings is 1. The summed E-state index contributed by atoms with van der Waals surface area (Å²) in [5.74, 6) is 0.361. The van der Waals surface area contributed by atoms with Crippen LogP contribution in [0.15, 0.2) is 28.7 Å². The van der Waals surface area contributed by atoms with Gasteiger partial charge in [0, 0.05) is 42.6 Å². The van der Waals surface area contributed by atoms with E-state index in [0.29, 0.717) is 11.8 Å². The molecule has 0 bridgehead atoms. The normalized spacial score (nSPS) is 29.7. The minimum atomic E-state index is -0.0661. The Labute approximate surface area is 154 Å². The molecule has 0 spiro atoms. The molecule has 142 valence electrons. The van der Waals surface area contributed by atoms with Crippen LogP contribution in [0.1, 0.15) is 31.4 Å². The summed E-state index contributed by atoms with van der Waals surface area (Å²) in [4.78, 5) is 17.9. The Hall–Kier alpha value is -1.63. The summed E-state index contributed by atoms with van der Waals surface area (Å²) in [6, 6.07) is 2.13. The van der Waals surface area contributed by atoms with Gasteiger partial charge in [-0.15, -0.1) is 0 Å². The number of aromatic nitrogens is 1. The van der Waals surface area contributed by atoms with Gasteiger partial charge < -0.3 is 19.2 Å². The first-order valence-corrected chi connectivity index (χ1v) is 9.57. The van der Waals surface area contributed by atoms with E-state index in [4.69, 9.17) is 14.2 Å². The summed E-state index contributed by atoms with van der Waals surface area (Å²) in [7, 11) is 1.52. The largest absolute Gasteiger partial charge is 0.491 e. The predicted octanol–water partition coefficient (Wildman–Crippen LogP) is 2.10. The molecule has 0 amide bonds. The molecule has 6 heteroatoms. The molecule has 2 saturated heterocycles. The lowest BCUT2D eigenvalue weighted by molar-refractivity contribution is -0.0877. The van der Waals surface area contributed by atoms with Gasteiger partial charge in [-0.05, 0) is 32.2 Å². The van der Waals surface area contributed by atoms with Gasteiger partial charge in [-0.1, -0.05) is 11.6 Å². The van der Waals surface area contributed by atoms with Gasteiger partial charge in [-0.25, -0.2) is 0 Å². The molecule has 2 atom stereocenters. The zero-order valence-corrected chi connectivity index (χ0v) is 15.5. The summed E-state index contributed by atoms with van der Waals surface area (Å²) >= 11 is 0. The Bertz CT molecular complexity index is 725. The molecule has 3 aliphatic heterocycles. The molecular formula is C20H28N2O4. The van der Waals surface area contributed by atoms with E-state index in [-0.39, 0.29) is 10.8 Å². The quantitative estimate of drug-likeness (QED) is 0.833. The molecular weight excluding hydrogens is 332 g/mol. The first-order valence-electron chi connectivity index (χ1n) is 9.57. The molecule has 0 radical (unpaired) electrons. The fraction of sp³-hybridized carbons (Fsp3) is 0.650. The van der Waals surface area contributed by atoms with Gasteiger partial charge in [0.15, 0.2) is 5.75 Å². The monoisotopic (exact) mass is 360 g/mol. The second-order valence-corrected chi connectivity index (χ2v) is 7.53. The standard InChI is InChI=1S/C20H28N2O4/c1-24-18-12-21-16(11-17(18)23)13-22-7-2-6-20(14-26-10-5-19(20)22)15-3-8-25-9-4-15/h3,11-12,19H,2,4-10,13-14H2,1H3,(H,21,23)/t19-,20-/m0/s1. The maximum atomic E-state index is 12.1. The average molecular weight is 360 g/mol. The number of methoxy groups -OCH3 is 1. The zero-order valence-electron chi connectivity index (χ0n) is 15.5. The number of hydrogen-bond acceptors (Lipinski definition) is 5. The Morgan fingerprint density at radius 1 is 1.38 bits per heavy atom. The third-order valence-electron chi connectivity index (χ3n) is 6.18. The molecule has 0 aromatic carbocycles. The highest BCUT2D eigenvalue weighted by atomic mass is 16.5. The highest BCUT2D eigenvalue weighted by molar-refractivity contribution is 5.24. The van der Waals surface area contributed by atoms with Crippen LogP contribution < -0.4 is 10.2 Å². The highest BCUT2D eigenvalue weighted by Gasteiger charge is 2.48. The van der Waals surface area contributed by atoms with Crippen LogP contribution in [0.2, 0.25) is 0 Å². The minimum absolute atomic E-state index is 0.0661. The van der Waals surface area contributed by atoms with Crippen molar-refractivity contribution in [3.8, 4) is 5.75 Å². The van der Waals surface area contributed by atoms with Gasteiger partial charge in [-0.3, -0.25) is 9.69 Å². The number of ether oxygens (including phenoxy) is 3. The molecule has 0 aliphatic carbocycles. The Balaban J connectivity index is 1.59. The van der Waals surface area contributed by atoms with Gasteiger partial charge in [0.1, 0.15) is 0 Å². The van der Waals surface area contributed by atoms with Crippen molar-refractivity contribution in [3.63, 3.8) is 0 Å². The molecule has 3 aliphatic rings. The van der Waals surface area contributed by atoms with Crippen LogP contribution in [0.5, 0.6) is 5.75 Å². The summed E-state index contributed by atoms with van der Waals surface area (Å²) < 4.78 is 16.6. The van der Waals surface area contributed by atoms with Crippen molar-refractivity contribution < 1.29 is 14.2 Å². The summed E-state index contributed by atoms with van der Waals surface area (Å²) in [5.41, 5.74) is 2.50. The van der Waals surface area contributed by atoms with Crippen LogP contribution in [0.3, 0.4) is 0 Å². The third-order valence-corrected chi connectivity index (χ3v) is 6.18. The number of H-pyrrole nitrogens is 1. The van der Waals surface area contributed by atoms with E-state index in [0.717, 1.165) is 64.5 Å². The smallest absolute Gasteiger partial charge is 0.223 e. The van der Waals surface area contributed by atoms with Crippen LogP contribution in [-0.4, -0.2) is 56.0 Å². The first kappa shape index (κ1) is 17.8. The van der Waals surface area contributed by atoms with Crippen LogP contribution in [0.25, 0.3) is 0 Å². The molecule has 1 N–H and O–H groups in total. The lowest BCUT2D eigenvalue weighted by Crippen LogP contribution is -2.58. The van der Waals surface area contributed by atoms with E-state index >= 15 is 0 Å². The summed E-state index contributed by atoms with van der Waals surface area (Å²) in [6.45, 7) is 4.96. The van der Waals surface area contributed by atoms with Crippen molar-refractivity contribution in [1.82, 2.24) is 9.88 Å². The summed E-state index contributed by atoms with van der Waals surface area (Å²) in [5, 5.41) is 0. The van der Waals surface area contributed by atoms with Gasteiger partial charge in [0.05, 0.1) is 26.9 Å². The first-order chi connectivity index (χ1) is 12.7. The van der Waals surface area contributed by atoms with Crippen molar-refractivity contribution in [2.45, 2.75) is 38.3 Å². The SMILES string of the molecule is COc1c[nH]c(CN2CCC[C@@]3(C4=CCOCC4)COCC[C@H]23)cc1=O. The number of fused-ring (bicyclic) bond motifs is 1. The molecule has 1 aromatic heterocycles. The van der Waals surface area contributed by atoms with Crippen LogP contribution in [0, 0.1) is 5.41 Å². The van der Waals surface area contributed by atoms with E-state index in [9.17, 15) is 4.79 Å².